The van der Waals surface area contributed by atoms with Gasteiger partial charge in [-0.3, -0.25) is 0 Å². The van der Waals surface area contributed by atoms with E-state index in [4.69, 9.17) is 5.73 Å². The summed E-state index contributed by atoms with van der Waals surface area (Å²) in [5.41, 5.74) is 8.02. The maximum absolute atomic E-state index is 5.86. The van der Waals surface area contributed by atoms with Gasteiger partial charge in [0, 0.05) is 15.9 Å². The maximum Gasteiger partial charge on any atom is 0.232 e. The summed E-state index contributed by atoms with van der Waals surface area (Å²) in [6.45, 7) is 2.07. The first-order valence-corrected chi connectivity index (χ1v) is 9.64. The van der Waals surface area contributed by atoms with Crippen LogP contribution in [0.25, 0.3) is 0 Å². The number of para-hydroxylation sites is 1. The number of hydrogen-bond donors (Lipinski definition) is 2. The van der Waals surface area contributed by atoms with Crippen molar-refractivity contribution in [2.45, 2.75) is 17.9 Å². The number of nitrogen functional groups attached to an aromatic ring is 1. The van der Waals surface area contributed by atoms with Gasteiger partial charge in [0.25, 0.3) is 0 Å². The molecule has 3 N–H and O–H groups in total. The number of benzene rings is 2. The van der Waals surface area contributed by atoms with Crippen LogP contribution >= 0.6 is 27.7 Å². The second kappa shape index (κ2) is 8.31. The Morgan fingerprint density at radius 2 is 1.88 bits per heavy atom. The van der Waals surface area contributed by atoms with Gasteiger partial charge in [-0.05, 0) is 36.8 Å². The lowest BCUT2D eigenvalue weighted by Gasteiger charge is -2.12. The van der Waals surface area contributed by atoms with Crippen LogP contribution < -0.4 is 11.1 Å². The molecule has 1 atom stereocenters. The second-order valence-corrected chi connectivity index (χ2v) is 7.69. The van der Waals surface area contributed by atoms with Crippen molar-refractivity contribution in [3.8, 4) is 0 Å². The smallest absolute Gasteiger partial charge is 0.232 e. The van der Waals surface area contributed by atoms with Crippen LogP contribution in [0, 0.1) is 0 Å². The lowest BCUT2D eigenvalue weighted by Crippen LogP contribution is -2.08. The fourth-order valence-electron chi connectivity index (χ4n) is 2.22. The third-order valence-electron chi connectivity index (χ3n) is 3.45. The van der Waals surface area contributed by atoms with Gasteiger partial charge in [0.15, 0.2) is 0 Å². The Morgan fingerprint density at radius 1 is 1.08 bits per heavy atom. The van der Waals surface area contributed by atoms with Crippen LogP contribution in [0.1, 0.15) is 23.6 Å². The number of anilines is 3. The molecule has 2 aromatic carbocycles. The predicted octanol–water partition coefficient (Wildman–Crippen LogP) is 4.95. The predicted molar refractivity (Wildman–Crippen MR) is 108 cm³/mol. The molecule has 0 bridgehead atoms. The zero-order valence-electron chi connectivity index (χ0n) is 13.7. The highest BCUT2D eigenvalue weighted by atomic mass is 79.9. The average Bonchev–Trinajstić information content (AvgIpc) is 2.60. The van der Waals surface area contributed by atoms with Gasteiger partial charge in [-0.2, -0.15) is 15.0 Å². The molecule has 25 heavy (non-hydrogen) atoms. The summed E-state index contributed by atoms with van der Waals surface area (Å²) >= 11 is 5.26. The summed E-state index contributed by atoms with van der Waals surface area (Å²) in [5.74, 6) is 2.22. The lowest BCUT2D eigenvalue weighted by atomic mass is 10.2. The number of hydrogen-bond acceptors (Lipinski definition) is 6. The molecular formula is C18H18BrN5S. The van der Waals surface area contributed by atoms with E-state index in [-0.39, 0.29) is 11.2 Å². The van der Waals surface area contributed by atoms with Crippen LogP contribution in [0.5, 0.6) is 0 Å². The van der Waals surface area contributed by atoms with Crippen molar-refractivity contribution in [3.63, 3.8) is 0 Å². The monoisotopic (exact) mass is 415 g/mol. The minimum absolute atomic E-state index is 0.0978. The standard InChI is InChI=1S/C18H18BrN5S/c1-12(25-11-13-6-5-7-14(19)10-13)16-22-17(20)24-18(23-16)21-15-8-3-2-4-9-15/h2-10,12H,11H2,1H3,(H3,20,21,22,23,24). The lowest BCUT2D eigenvalue weighted by molar-refractivity contribution is 0.896. The van der Waals surface area contributed by atoms with E-state index in [1.165, 1.54) is 5.56 Å². The quantitative estimate of drug-likeness (QED) is 0.592. The van der Waals surface area contributed by atoms with E-state index in [1.807, 2.05) is 42.5 Å². The Labute approximate surface area is 159 Å². The van der Waals surface area contributed by atoms with Crippen molar-refractivity contribution in [2.75, 3.05) is 11.1 Å². The number of nitrogens with one attached hydrogen (secondary N) is 1. The van der Waals surface area contributed by atoms with E-state index in [9.17, 15) is 0 Å². The molecule has 0 aliphatic rings. The van der Waals surface area contributed by atoms with Gasteiger partial charge in [0.2, 0.25) is 11.9 Å². The highest BCUT2D eigenvalue weighted by Crippen LogP contribution is 2.30. The molecule has 1 aromatic heterocycles. The molecule has 3 rings (SSSR count). The fourth-order valence-corrected chi connectivity index (χ4v) is 3.54. The number of rotatable bonds is 6. The number of nitrogens with two attached hydrogens (primary N) is 1. The molecule has 0 saturated carbocycles. The topological polar surface area (TPSA) is 76.7 Å². The minimum Gasteiger partial charge on any atom is -0.368 e. The Morgan fingerprint density at radius 3 is 2.64 bits per heavy atom. The van der Waals surface area contributed by atoms with Crippen LogP contribution in [-0.2, 0) is 5.75 Å². The molecular weight excluding hydrogens is 398 g/mol. The van der Waals surface area contributed by atoms with Crippen molar-refractivity contribution in [1.82, 2.24) is 15.0 Å². The Hall–Kier alpha value is -2.12. The first-order valence-electron chi connectivity index (χ1n) is 7.80. The molecule has 0 radical (unpaired) electrons. The highest BCUT2D eigenvalue weighted by Gasteiger charge is 2.13. The van der Waals surface area contributed by atoms with Crippen molar-refractivity contribution in [3.05, 3.63) is 70.5 Å². The van der Waals surface area contributed by atoms with E-state index < -0.39 is 0 Å². The molecule has 0 spiro atoms. The second-order valence-electron chi connectivity index (χ2n) is 5.45. The van der Waals surface area contributed by atoms with Crippen molar-refractivity contribution >= 4 is 45.3 Å². The van der Waals surface area contributed by atoms with Crippen LogP contribution in [0.3, 0.4) is 0 Å². The zero-order valence-corrected chi connectivity index (χ0v) is 16.1. The molecule has 7 heteroatoms. The van der Waals surface area contributed by atoms with Crippen molar-refractivity contribution < 1.29 is 0 Å². The molecule has 128 valence electrons. The summed E-state index contributed by atoms with van der Waals surface area (Å²) in [6.07, 6.45) is 0. The van der Waals surface area contributed by atoms with Gasteiger partial charge < -0.3 is 11.1 Å². The van der Waals surface area contributed by atoms with E-state index in [0.29, 0.717) is 11.8 Å². The molecule has 1 heterocycles. The fraction of sp³-hybridized carbons (Fsp3) is 0.167. The first kappa shape index (κ1) is 17.7. The van der Waals surface area contributed by atoms with E-state index in [0.717, 1.165) is 15.9 Å². The van der Waals surface area contributed by atoms with Crippen molar-refractivity contribution in [2.24, 2.45) is 0 Å². The largest absolute Gasteiger partial charge is 0.368 e. The summed E-state index contributed by atoms with van der Waals surface area (Å²) in [7, 11) is 0. The van der Waals surface area contributed by atoms with Crippen LogP contribution in [-0.4, -0.2) is 15.0 Å². The van der Waals surface area contributed by atoms with E-state index in [1.54, 1.807) is 11.8 Å². The summed E-state index contributed by atoms with van der Waals surface area (Å²) < 4.78 is 1.08. The molecule has 1 unspecified atom stereocenters. The first-order chi connectivity index (χ1) is 12.1. The third kappa shape index (κ3) is 5.17. The molecule has 0 aliphatic carbocycles. The maximum atomic E-state index is 5.86. The van der Waals surface area contributed by atoms with Gasteiger partial charge >= 0.3 is 0 Å². The Bertz CT molecular complexity index is 844. The summed E-state index contributed by atoms with van der Waals surface area (Å²) in [6, 6.07) is 18.0. The van der Waals surface area contributed by atoms with E-state index >= 15 is 0 Å². The zero-order chi connectivity index (χ0) is 17.6. The SMILES string of the molecule is CC(SCc1cccc(Br)c1)c1nc(N)nc(Nc2ccccc2)n1. The normalized spacial score (nSPS) is 11.9. The average molecular weight is 416 g/mol. The van der Waals surface area contributed by atoms with Gasteiger partial charge in [0.1, 0.15) is 5.82 Å². The number of thioether (sulfide) groups is 1. The van der Waals surface area contributed by atoms with Crippen molar-refractivity contribution in [1.29, 1.82) is 0 Å². The Balaban J connectivity index is 1.70. The molecule has 0 amide bonds. The number of halogens is 1. The number of aromatic nitrogens is 3. The Kier molecular flexibility index (Phi) is 5.88. The number of nitrogens with zero attached hydrogens (tertiary/aromatic N) is 3. The van der Waals surface area contributed by atoms with Crippen LogP contribution in [0.4, 0.5) is 17.6 Å². The molecule has 0 aliphatic heterocycles. The summed E-state index contributed by atoms with van der Waals surface area (Å²) in [4.78, 5) is 13.0. The molecule has 0 fully saturated rings. The van der Waals surface area contributed by atoms with Crippen LogP contribution in [0.15, 0.2) is 59.1 Å². The van der Waals surface area contributed by atoms with Gasteiger partial charge in [-0.25, -0.2) is 0 Å². The highest BCUT2D eigenvalue weighted by molar-refractivity contribution is 9.10. The minimum atomic E-state index is 0.0978. The summed E-state index contributed by atoms with van der Waals surface area (Å²) in [5, 5.41) is 3.26. The molecule has 3 aromatic rings. The van der Waals surface area contributed by atoms with Gasteiger partial charge in [0.05, 0.1) is 5.25 Å². The van der Waals surface area contributed by atoms with Gasteiger partial charge in [-0.1, -0.05) is 46.3 Å². The third-order valence-corrected chi connectivity index (χ3v) is 5.16. The molecule has 5 nitrogen and oxygen atoms in total. The molecule has 0 saturated heterocycles. The van der Waals surface area contributed by atoms with E-state index in [2.05, 4.69) is 55.3 Å². The van der Waals surface area contributed by atoms with Gasteiger partial charge in [-0.15, -0.1) is 11.8 Å². The van der Waals surface area contributed by atoms with Crippen LogP contribution in [0.2, 0.25) is 0 Å².